The Morgan fingerprint density at radius 3 is 2.09 bits per heavy atom. The molecule has 2 heterocycles. The molecule has 2 aromatic rings. The van der Waals surface area contributed by atoms with Gasteiger partial charge in [0, 0.05) is 6.54 Å². The molecule has 2 aliphatic heterocycles. The van der Waals surface area contributed by atoms with E-state index in [-0.39, 0.29) is 25.6 Å². The van der Waals surface area contributed by atoms with Crippen LogP contribution in [-0.4, -0.2) is 82.9 Å². The first kappa shape index (κ1) is 35.5. The average Bonchev–Trinajstić information content (AvgIpc) is 3.02. The van der Waals surface area contributed by atoms with Crippen molar-refractivity contribution in [3.63, 3.8) is 0 Å². The second kappa shape index (κ2) is 14.6. The molecular weight excluding hydrogens is 638 g/mol. The minimum Gasteiger partial charge on any atom is -0.444 e. The Morgan fingerprint density at radius 2 is 1.51 bits per heavy atom. The lowest BCUT2D eigenvalue weighted by molar-refractivity contribution is -0.171. The predicted octanol–water partition coefficient (Wildman–Crippen LogP) is 2.81. The Labute approximate surface area is 265 Å². The molecule has 0 spiro atoms. The van der Waals surface area contributed by atoms with Gasteiger partial charge in [-0.1, -0.05) is 30.3 Å². The molecule has 0 saturated carbocycles. The van der Waals surface area contributed by atoms with E-state index < -0.39 is 90.8 Å². The summed E-state index contributed by atoms with van der Waals surface area (Å²) in [6.45, 7) is -1.71. The second-order valence-electron chi connectivity index (χ2n) is 11.2. The maximum atomic E-state index is 13.8. The molecule has 2 saturated heterocycles. The topological polar surface area (TPSA) is 151 Å². The number of halogens is 6. The van der Waals surface area contributed by atoms with Crippen LogP contribution < -0.4 is 16.8 Å². The van der Waals surface area contributed by atoms with E-state index in [9.17, 15) is 45.5 Å². The van der Waals surface area contributed by atoms with Gasteiger partial charge in [-0.2, -0.15) is 26.3 Å². The highest BCUT2D eigenvalue weighted by Crippen LogP contribution is 2.37. The van der Waals surface area contributed by atoms with Crippen molar-refractivity contribution in [2.24, 2.45) is 11.5 Å². The molecule has 0 bridgehead atoms. The van der Waals surface area contributed by atoms with Crippen molar-refractivity contribution in [3.8, 4) is 0 Å². The van der Waals surface area contributed by atoms with Crippen LogP contribution in [-0.2, 0) is 44.6 Å². The minimum atomic E-state index is -5.11. The van der Waals surface area contributed by atoms with Crippen LogP contribution in [0.15, 0.2) is 48.5 Å². The zero-order chi connectivity index (χ0) is 34.5. The molecule has 2 fully saturated rings. The Kier molecular flexibility index (Phi) is 11.0. The van der Waals surface area contributed by atoms with Gasteiger partial charge >= 0.3 is 18.4 Å². The van der Waals surface area contributed by atoms with Crippen molar-refractivity contribution in [2.45, 2.75) is 63.0 Å². The van der Waals surface area contributed by atoms with Gasteiger partial charge in [-0.3, -0.25) is 19.3 Å². The number of carbonyl (C=O) groups excluding carboxylic acids is 4. The molecule has 0 aliphatic carbocycles. The van der Waals surface area contributed by atoms with Gasteiger partial charge in [0.25, 0.3) is 0 Å². The minimum absolute atomic E-state index is 0.0463. The Hall–Kier alpha value is -4.38. The van der Waals surface area contributed by atoms with Gasteiger partial charge in [-0.05, 0) is 55.1 Å². The van der Waals surface area contributed by atoms with Crippen LogP contribution in [0, 0.1) is 0 Å². The van der Waals surface area contributed by atoms with E-state index in [4.69, 9.17) is 16.2 Å². The smallest absolute Gasteiger partial charge is 0.416 e. The Bertz CT molecular complexity index is 1420. The quantitative estimate of drug-likeness (QED) is 0.260. The number of alkyl halides is 6. The number of ether oxygens (including phenoxy) is 1. The van der Waals surface area contributed by atoms with Crippen LogP contribution >= 0.6 is 0 Å². The van der Waals surface area contributed by atoms with E-state index in [2.05, 4.69) is 5.32 Å². The van der Waals surface area contributed by atoms with Gasteiger partial charge in [0.15, 0.2) is 0 Å². The number of hydrogen-bond donors (Lipinski definition) is 3. The molecule has 3 atom stereocenters. The van der Waals surface area contributed by atoms with Crippen molar-refractivity contribution < 1.29 is 50.3 Å². The highest BCUT2D eigenvalue weighted by Gasteiger charge is 2.52. The third-order valence-electron chi connectivity index (χ3n) is 7.84. The first-order valence-corrected chi connectivity index (χ1v) is 14.7. The zero-order valence-electron chi connectivity index (χ0n) is 25.0. The molecule has 11 nitrogen and oxygen atoms in total. The number of amides is 4. The molecule has 4 rings (SSSR count). The average molecular weight is 673 g/mol. The maximum Gasteiger partial charge on any atom is 0.416 e. The van der Waals surface area contributed by atoms with E-state index in [1.807, 2.05) is 0 Å². The number of nitrogens with zero attached hydrogens (tertiary/aromatic N) is 3. The normalized spacial score (nSPS) is 20.3. The number of benzene rings is 2. The summed E-state index contributed by atoms with van der Waals surface area (Å²) in [4.78, 5) is 57.0. The third kappa shape index (κ3) is 8.51. The Morgan fingerprint density at radius 1 is 0.872 bits per heavy atom. The highest BCUT2D eigenvalue weighted by molar-refractivity contribution is 5.95. The van der Waals surface area contributed by atoms with Gasteiger partial charge in [-0.25, -0.2) is 4.79 Å². The summed E-state index contributed by atoms with van der Waals surface area (Å²) in [5.74, 6) is -1.83. The van der Waals surface area contributed by atoms with Crippen LogP contribution in [0.3, 0.4) is 0 Å². The van der Waals surface area contributed by atoms with Crippen LogP contribution in [0.2, 0.25) is 0 Å². The molecule has 47 heavy (non-hydrogen) atoms. The monoisotopic (exact) mass is 672 g/mol. The zero-order valence-corrected chi connectivity index (χ0v) is 25.0. The fourth-order valence-electron chi connectivity index (χ4n) is 5.62. The largest absolute Gasteiger partial charge is 0.444 e. The standard InChI is InChI=1S/C30H34F6N6O5/c31-29(32,33)20-10-19(11-21(12-20)30(34,35)36)17-47-28(46)41-15-22(39-24(43)13-38)26(44)42-23(8-4-5-9-37)27(45)40(16-25(41)42)14-18-6-2-1-3-7-18/h1-3,6-7,10-12,22-23,25H,4-5,8-9,13-17,37-38H2,(H,39,43)/t22-,23-,25?/m0/s1. The summed E-state index contributed by atoms with van der Waals surface area (Å²) >= 11 is 0. The van der Waals surface area contributed by atoms with Crippen LogP contribution in [0.1, 0.15) is 41.5 Å². The maximum absolute atomic E-state index is 13.8. The molecule has 256 valence electrons. The summed E-state index contributed by atoms with van der Waals surface area (Å²) in [7, 11) is 0. The summed E-state index contributed by atoms with van der Waals surface area (Å²) in [6.07, 6.45) is -11.4. The van der Waals surface area contributed by atoms with Gasteiger partial charge in [0.05, 0.1) is 30.8 Å². The van der Waals surface area contributed by atoms with Gasteiger partial charge in [0.1, 0.15) is 24.9 Å². The Balaban J connectivity index is 1.68. The molecular formula is C30H34F6N6O5. The highest BCUT2D eigenvalue weighted by atomic mass is 19.4. The number of nitrogens with one attached hydrogen (secondary N) is 1. The lowest BCUT2D eigenvalue weighted by Crippen LogP contribution is -2.75. The number of fused-ring (bicyclic) bond motifs is 1. The molecule has 0 aromatic heterocycles. The van der Waals surface area contributed by atoms with Crippen LogP contribution in [0.4, 0.5) is 31.1 Å². The van der Waals surface area contributed by atoms with Crippen molar-refractivity contribution in [3.05, 3.63) is 70.8 Å². The number of piperazine rings is 1. The summed E-state index contributed by atoms with van der Waals surface area (Å²) < 4.78 is 85.6. The number of carbonyl (C=O) groups is 4. The van der Waals surface area contributed by atoms with Gasteiger partial charge in [-0.15, -0.1) is 0 Å². The first-order valence-electron chi connectivity index (χ1n) is 14.7. The number of nitrogens with two attached hydrogens (primary N) is 2. The second-order valence-corrected chi connectivity index (χ2v) is 11.2. The van der Waals surface area contributed by atoms with Crippen molar-refractivity contribution in [1.29, 1.82) is 0 Å². The predicted molar refractivity (Wildman–Crippen MR) is 154 cm³/mol. The lowest BCUT2D eigenvalue weighted by Gasteiger charge is -2.53. The van der Waals surface area contributed by atoms with E-state index in [1.54, 1.807) is 30.3 Å². The van der Waals surface area contributed by atoms with E-state index >= 15 is 0 Å². The fraction of sp³-hybridized carbons (Fsp3) is 0.467. The van der Waals surface area contributed by atoms with Crippen molar-refractivity contribution >= 4 is 23.8 Å². The molecule has 17 heteroatoms. The third-order valence-corrected chi connectivity index (χ3v) is 7.84. The molecule has 2 aromatic carbocycles. The van der Waals surface area contributed by atoms with Gasteiger partial charge in [0.2, 0.25) is 17.7 Å². The van der Waals surface area contributed by atoms with Crippen molar-refractivity contribution in [2.75, 3.05) is 26.2 Å². The number of rotatable bonds is 10. The van der Waals surface area contributed by atoms with Crippen LogP contribution in [0.25, 0.3) is 0 Å². The molecule has 4 amide bonds. The summed E-state index contributed by atoms with van der Waals surface area (Å²) in [5.41, 5.74) is 8.05. The van der Waals surface area contributed by atoms with Crippen LogP contribution in [0.5, 0.6) is 0 Å². The van der Waals surface area contributed by atoms with E-state index in [0.29, 0.717) is 31.5 Å². The molecule has 5 N–H and O–H groups in total. The number of hydrogen-bond acceptors (Lipinski definition) is 7. The summed E-state index contributed by atoms with van der Waals surface area (Å²) in [6, 6.07) is 7.27. The fourth-order valence-corrected chi connectivity index (χ4v) is 5.62. The molecule has 2 aliphatic rings. The molecule has 0 radical (unpaired) electrons. The van der Waals surface area contributed by atoms with E-state index in [0.717, 1.165) is 10.5 Å². The lowest BCUT2D eigenvalue weighted by atomic mass is 9.97. The van der Waals surface area contributed by atoms with Crippen molar-refractivity contribution in [1.82, 2.24) is 20.0 Å². The van der Waals surface area contributed by atoms with Gasteiger partial charge < -0.3 is 31.3 Å². The summed E-state index contributed by atoms with van der Waals surface area (Å²) in [5, 5.41) is 2.41. The first-order chi connectivity index (χ1) is 22.1. The van der Waals surface area contributed by atoms with E-state index in [1.165, 1.54) is 9.80 Å². The number of unbranched alkanes of at least 4 members (excludes halogenated alkanes) is 1. The molecule has 1 unspecified atom stereocenters. The SMILES string of the molecule is NCCCC[C@H]1C(=O)N(Cc2ccccc2)CC2N(C(=O)OCc3cc(C(F)(F)F)cc(C(F)(F)F)c3)C[C@H](NC(=O)CN)C(=O)N21.